The molecule has 0 rings (SSSR count). The number of esters is 3. The third kappa shape index (κ3) is 67.5. The van der Waals surface area contributed by atoms with E-state index in [1.54, 1.807) is 0 Å². The number of ether oxygens (including phenoxy) is 3. The maximum atomic E-state index is 13.0. The summed E-state index contributed by atoms with van der Waals surface area (Å²) in [5.41, 5.74) is 0. The molecule has 0 saturated carbocycles. The first-order valence-electron chi connectivity index (χ1n) is 35.4. The van der Waals surface area contributed by atoms with Gasteiger partial charge in [0.15, 0.2) is 6.10 Å². The molecule has 0 aromatic heterocycles. The number of carbonyl (C=O) groups is 3. The lowest BCUT2D eigenvalue weighted by molar-refractivity contribution is -0.167. The Kier molecular flexibility index (Phi) is 66.6. The standard InChI is InChI=1S/C75H134O6/c1-4-7-10-13-16-19-22-25-28-31-33-35-37-39-41-44-47-50-53-56-59-62-65-68-74(77)80-71-72(70-79-73(76)67-64-61-58-55-52-49-46-43-30-27-24-21-18-15-12-9-6-3)81-75(78)69-66-63-60-57-54-51-48-45-42-40-38-36-34-32-29-26-23-20-17-14-11-8-5-2/h7,10,16,19,25,28,32-35,39,41,72H,4-6,8-9,11-15,17-18,20-24,26-27,29-31,36-38,40,42-71H2,1-3H3/b10-7-,19-16-,28-25-,34-32-,35-33-,41-39-. The Hall–Kier alpha value is -3.15. The van der Waals surface area contributed by atoms with Gasteiger partial charge in [0.1, 0.15) is 13.2 Å². The Morgan fingerprint density at radius 2 is 0.481 bits per heavy atom. The Morgan fingerprint density at radius 3 is 0.765 bits per heavy atom. The van der Waals surface area contributed by atoms with Crippen LogP contribution in [0.25, 0.3) is 0 Å². The number of hydrogen-bond donors (Lipinski definition) is 0. The zero-order valence-corrected chi connectivity index (χ0v) is 54.1. The average molecular weight is 1130 g/mol. The molecule has 0 radical (unpaired) electrons. The molecule has 0 bridgehead atoms. The molecule has 470 valence electrons. The summed E-state index contributed by atoms with van der Waals surface area (Å²) < 4.78 is 17.0. The molecule has 0 fully saturated rings. The van der Waals surface area contributed by atoms with Crippen LogP contribution >= 0.6 is 0 Å². The summed E-state index contributed by atoms with van der Waals surface area (Å²) in [4.78, 5) is 38.5. The number of hydrogen-bond acceptors (Lipinski definition) is 6. The largest absolute Gasteiger partial charge is 0.462 e. The molecule has 0 spiro atoms. The first kappa shape index (κ1) is 77.9. The first-order chi connectivity index (χ1) is 40.0. The highest BCUT2D eigenvalue weighted by Crippen LogP contribution is 2.18. The maximum Gasteiger partial charge on any atom is 0.306 e. The zero-order valence-electron chi connectivity index (χ0n) is 54.1. The topological polar surface area (TPSA) is 78.9 Å². The fourth-order valence-corrected chi connectivity index (χ4v) is 10.4. The summed E-state index contributed by atoms with van der Waals surface area (Å²) in [6, 6.07) is 0. The summed E-state index contributed by atoms with van der Waals surface area (Å²) in [5.74, 6) is -0.864. The zero-order chi connectivity index (χ0) is 58.5. The van der Waals surface area contributed by atoms with Gasteiger partial charge in [0.25, 0.3) is 0 Å². The van der Waals surface area contributed by atoms with E-state index in [0.29, 0.717) is 19.3 Å². The summed E-state index contributed by atoms with van der Waals surface area (Å²) in [7, 11) is 0. The summed E-state index contributed by atoms with van der Waals surface area (Å²) in [6.45, 7) is 6.58. The van der Waals surface area contributed by atoms with Gasteiger partial charge in [-0.05, 0) is 89.9 Å². The lowest BCUT2D eigenvalue weighted by Crippen LogP contribution is -2.30. The molecular formula is C75H134O6. The van der Waals surface area contributed by atoms with Gasteiger partial charge in [-0.3, -0.25) is 14.4 Å². The molecule has 0 aromatic carbocycles. The monoisotopic (exact) mass is 1130 g/mol. The highest BCUT2D eigenvalue weighted by Gasteiger charge is 2.19. The van der Waals surface area contributed by atoms with E-state index in [0.717, 1.165) is 96.3 Å². The second kappa shape index (κ2) is 69.3. The van der Waals surface area contributed by atoms with Crippen molar-refractivity contribution in [2.45, 2.75) is 374 Å². The van der Waals surface area contributed by atoms with Crippen LogP contribution in [0.15, 0.2) is 72.9 Å². The van der Waals surface area contributed by atoms with E-state index in [2.05, 4.69) is 93.7 Å². The lowest BCUT2D eigenvalue weighted by atomic mass is 10.0. The lowest BCUT2D eigenvalue weighted by Gasteiger charge is -2.18. The van der Waals surface area contributed by atoms with E-state index in [1.165, 1.54) is 231 Å². The van der Waals surface area contributed by atoms with Crippen LogP contribution in [0.4, 0.5) is 0 Å². The molecule has 0 aliphatic heterocycles. The Bertz CT molecular complexity index is 1490. The second-order valence-corrected chi connectivity index (χ2v) is 23.8. The molecule has 0 aromatic rings. The highest BCUT2D eigenvalue weighted by atomic mass is 16.6. The van der Waals surface area contributed by atoms with Crippen molar-refractivity contribution in [2.24, 2.45) is 0 Å². The molecule has 1 unspecified atom stereocenters. The fourth-order valence-electron chi connectivity index (χ4n) is 10.4. The maximum absolute atomic E-state index is 13.0. The van der Waals surface area contributed by atoms with E-state index in [-0.39, 0.29) is 31.1 Å². The Balaban J connectivity index is 4.36. The van der Waals surface area contributed by atoms with Crippen LogP contribution in [-0.4, -0.2) is 37.2 Å². The molecule has 0 amide bonds. The van der Waals surface area contributed by atoms with Crippen molar-refractivity contribution in [2.75, 3.05) is 13.2 Å². The second-order valence-electron chi connectivity index (χ2n) is 23.8. The van der Waals surface area contributed by atoms with Gasteiger partial charge in [0.05, 0.1) is 0 Å². The van der Waals surface area contributed by atoms with Gasteiger partial charge in [-0.15, -0.1) is 0 Å². The van der Waals surface area contributed by atoms with Gasteiger partial charge >= 0.3 is 17.9 Å². The minimum Gasteiger partial charge on any atom is -0.462 e. The minimum absolute atomic E-state index is 0.0751. The third-order valence-corrected chi connectivity index (χ3v) is 15.7. The Morgan fingerprint density at radius 1 is 0.259 bits per heavy atom. The Labute approximate surface area is 503 Å². The molecule has 6 nitrogen and oxygen atoms in total. The molecule has 0 heterocycles. The number of carbonyl (C=O) groups excluding carboxylic acids is 3. The number of rotatable bonds is 65. The van der Waals surface area contributed by atoms with Gasteiger partial charge in [-0.25, -0.2) is 0 Å². The van der Waals surface area contributed by atoms with Crippen LogP contribution in [0.3, 0.4) is 0 Å². The van der Waals surface area contributed by atoms with Gasteiger partial charge in [0.2, 0.25) is 0 Å². The molecule has 0 aliphatic carbocycles. The minimum atomic E-state index is -0.781. The quantitative estimate of drug-likeness (QED) is 0.0261. The van der Waals surface area contributed by atoms with E-state index >= 15 is 0 Å². The average Bonchev–Trinajstić information content (AvgIpc) is 3.47. The van der Waals surface area contributed by atoms with Crippen molar-refractivity contribution in [1.82, 2.24) is 0 Å². The molecule has 81 heavy (non-hydrogen) atoms. The predicted molar refractivity (Wildman–Crippen MR) is 353 cm³/mol. The summed E-state index contributed by atoms with van der Waals surface area (Å²) in [6.07, 6.45) is 90.6. The summed E-state index contributed by atoms with van der Waals surface area (Å²) >= 11 is 0. The van der Waals surface area contributed by atoms with E-state index < -0.39 is 6.10 Å². The van der Waals surface area contributed by atoms with E-state index in [4.69, 9.17) is 14.2 Å². The summed E-state index contributed by atoms with van der Waals surface area (Å²) in [5, 5.41) is 0. The molecule has 0 saturated heterocycles. The van der Waals surface area contributed by atoms with Crippen molar-refractivity contribution >= 4 is 17.9 Å². The van der Waals surface area contributed by atoms with Crippen LogP contribution in [0.2, 0.25) is 0 Å². The number of unbranched alkanes of at least 4 members (excludes halogenated alkanes) is 42. The normalized spacial score (nSPS) is 12.5. The van der Waals surface area contributed by atoms with Gasteiger partial charge in [-0.1, -0.05) is 331 Å². The van der Waals surface area contributed by atoms with Crippen molar-refractivity contribution in [1.29, 1.82) is 0 Å². The van der Waals surface area contributed by atoms with E-state index in [9.17, 15) is 14.4 Å². The van der Waals surface area contributed by atoms with E-state index in [1.807, 2.05) is 0 Å². The molecule has 6 heteroatoms. The van der Waals surface area contributed by atoms with Gasteiger partial charge in [-0.2, -0.15) is 0 Å². The van der Waals surface area contributed by atoms with Crippen LogP contribution in [-0.2, 0) is 28.6 Å². The number of allylic oxidation sites excluding steroid dienone is 12. The first-order valence-corrected chi connectivity index (χ1v) is 35.4. The third-order valence-electron chi connectivity index (χ3n) is 15.7. The molecule has 0 aliphatic rings. The predicted octanol–water partition coefficient (Wildman–Crippen LogP) is 24.4. The van der Waals surface area contributed by atoms with Gasteiger partial charge < -0.3 is 14.2 Å². The molecular weight excluding hydrogens is 997 g/mol. The van der Waals surface area contributed by atoms with Crippen molar-refractivity contribution < 1.29 is 28.6 Å². The molecule has 1 atom stereocenters. The van der Waals surface area contributed by atoms with Crippen LogP contribution in [0.5, 0.6) is 0 Å². The van der Waals surface area contributed by atoms with Crippen LogP contribution in [0.1, 0.15) is 367 Å². The fraction of sp³-hybridized carbons (Fsp3) is 0.800. The van der Waals surface area contributed by atoms with Crippen molar-refractivity contribution in [3.63, 3.8) is 0 Å². The highest BCUT2D eigenvalue weighted by molar-refractivity contribution is 5.71. The molecule has 0 N–H and O–H groups in total. The van der Waals surface area contributed by atoms with Crippen LogP contribution in [0, 0.1) is 0 Å². The van der Waals surface area contributed by atoms with Gasteiger partial charge in [0, 0.05) is 19.3 Å². The van der Waals surface area contributed by atoms with Crippen LogP contribution < -0.4 is 0 Å². The SMILES string of the molecule is CC/C=C\C/C=C\C/C=C\C/C=C\C/C=C\CCCCCCCCCC(=O)OCC(COC(=O)CCCCCCCCCCCCCCCCCCC)OC(=O)CCCCCCCCCCCCC/C=C\CCCCCCCCCC. The van der Waals surface area contributed by atoms with Crippen molar-refractivity contribution in [3.8, 4) is 0 Å². The smallest absolute Gasteiger partial charge is 0.306 e. The van der Waals surface area contributed by atoms with Crippen molar-refractivity contribution in [3.05, 3.63) is 72.9 Å².